The summed E-state index contributed by atoms with van der Waals surface area (Å²) in [5.74, 6) is 0.646. The van der Waals surface area contributed by atoms with Gasteiger partial charge in [-0.3, -0.25) is 14.4 Å². The number of hydrogen-bond acceptors (Lipinski definition) is 10. The van der Waals surface area contributed by atoms with E-state index < -0.39 is 0 Å². The van der Waals surface area contributed by atoms with Gasteiger partial charge in [-0.1, -0.05) is 20.8 Å². The van der Waals surface area contributed by atoms with Crippen molar-refractivity contribution in [3.63, 3.8) is 0 Å². The van der Waals surface area contributed by atoms with E-state index in [0.29, 0.717) is 18.3 Å². The Labute approximate surface area is 257 Å². The molecule has 0 aromatic heterocycles. The van der Waals surface area contributed by atoms with Crippen molar-refractivity contribution in [1.29, 1.82) is 0 Å². The van der Waals surface area contributed by atoms with Crippen LogP contribution in [0.25, 0.3) is 0 Å². The van der Waals surface area contributed by atoms with Crippen LogP contribution in [-0.2, 0) is 28.6 Å². The van der Waals surface area contributed by atoms with E-state index >= 15 is 0 Å². The number of nitrogens with two attached hydrogens (primary N) is 3. The number of carbonyl (C=O) groups is 3. The first-order valence-electron chi connectivity index (χ1n) is 16.8. The minimum Gasteiger partial charge on any atom is -0.462 e. The molecule has 0 amide bonds. The third kappa shape index (κ3) is 6.92. The second kappa shape index (κ2) is 14.6. The predicted molar refractivity (Wildman–Crippen MR) is 162 cm³/mol. The Hall–Kier alpha value is -1.75. The highest BCUT2D eigenvalue weighted by atomic mass is 16.6. The minimum absolute atomic E-state index is 0.0708. The van der Waals surface area contributed by atoms with E-state index in [4.69, 9.17) is 31.4 Å². The van der Waals surface area contributed by atoms with Crippen molar-refractivity contribution >= 4 is 17.9 Å². The molecule has 6 unspecified atom stereocenters. The van der Waals surface area contributed by atoms with Crippen LogP contribution in [-0.4, -0.2) is 67.6 Å². The molecule has 246 valence electrons. The molecule has 4 aliphatic carbocycles. The molecule has 4 rings (SSSR count). The normalized spacial score (nSPS) is 39.1. The number of fused-ring (bicyclic) bond motifs is 5. The third-order valence-electron chi connectivity index (χ3n) is 12.2. The number of esters is 3. The van der Waals surface area contributed by atoms with Crippen LogP contribution >= 0.6 is 0 Å². The summed E-state index contributed by atoms with van der Waals surface area (Å²) >= 11 is 0. The van der Waals surface area contributed by atoms with E-state index in [2.05, 4.69) is 20.8 Å². The molecular formula is C33H57N3O7. The third-order valence-corrected chi connectivity index (χ3v) is 12.2. The molecule has 0 saturated heterocycles. The fourth-order valence-electron chi connectivity index (χ4n) is 10.1. The molecular weight excluding hydrogens is 550 g/mol. The van der Waals surface area contributed by atoms with Gasteiger partial charge in [-0.2, -0.15) is 0 Å². The standard InChI is InChI=1S/C33H57N3O7/c1-20(5-4-16-37)23-6-7-24-31-25(19-27(33(23,24)3)43-30(40)11-15-36)32(2)12-8-22(41-28(38)9-13-34)17-21(32)18-26(31)42-29(39)10-14-35/h20-27,31,37H,4-19,34-36H2,1-3H3/t20?,21?,22-,23?,24+,25+,26-,27+,31?,32?,33?/m1/s1. The van der Waals surface area contributed by atoms with Crippen molar-refractivity contribution in [2.45, 2.75) is 116 Å². The Morgan fingerprint density at radius 1 is 0.837 bits per heavy atom. The average Bonchev–Trinajstić information content (AvgIpc) is 3.31. The Balaban J connectivity index is 1.71. The number of hydrogen-bond donors (Lipinski definition) is 4. The predicted octanol–water partition coefficient (Wildman–Crippen LogP) is 3.06. The van der Waals surface area contributed by atoms with Crippen LogP contribution in [0.4, 0.5) is 0 Å². The fourth-order valence-corrected chi connectivity index (χ4v) is 10.1. The van der Waals surface area contributed by atoms with Crippen molar-refractivity contribution < 1.29 is 33.7 Å². The highest BCUT2D eigenvalue weighted by molar-refractivity contribution is 5.70. The molecule has 0 aliphatic heterocycles. The molecule has 0 aromatic rings. The molecule has 0 bridgehead atoms. The Bertz CT molecular complexity index is 980. The maximum atomic E-state index is 13.0. The van der Waals surface area contributed by atoms with E-state index in [1.165, 1.54) is 0 Å². The lowest BCUT2D eigenvalue weighted by Gasteiger charge is -2.64. The maximum absolute atomic E-state index is 13.0. The number of aliphatic hydroxyl groups excluding tert-OH is 1. The Morgan fingerprint density at radius 2 is 1.47 bits per heavy atom. The van der Waals surface area contributed by atoms with Gasteiger partial charge in [0.2, 0.25) is 0 Å². The summed E-state index contributed by atoms with van der Waals surface area (Å²) in [7, 11) is 0. The molecule has 4 saturated carbocycles. The van der Waals surface area contributed by atoms with Gasteiger partial charge in [0.05, 0.1) is 19.3 Å². The summed E-state index contributed by atoms with van der Waals surface area (Å²) in [6.45, 7) is 7.86. The SMILES string of the molecule is CC(CCCO)C1CC[C@H]2C3[C@H](OC(=O)CCN)CC4C[C@H](OC(=O)CCN)CCC4(C)[C@H]3C[C@H](OC(=O)CCN)C12C. The first-order valence-corrected chi connectivity index (χ1v) is 16.8. The molecule has 43 heavy (non-hydrogen) atoms. The van der Waals surface area contributed by atoms with Crippen molar-refractivity contribution in [1.82, 2.24) is 0 Å². The molecule has 0 spiro atoms. The summed E-state index contributed by atoms with van der Waals surface area (Å²) in [6.07, 6.45) is 7.38. The van der Waals surface area contributed by atoms with Gasteiger partial charge in [0.15, 0.2) is 0 Å². The van der Waals surface area contributed by atoms with E-state index in [-0.39, 0.29) is 116 Å². The molecule has 10 nitrogen and oxygen atoms in total. The first kappa shape index (κ1) is 34.1. The summed E-state index contributed by atoms with van der Waals surface area (Å²) in [5.41, 5.74) is 16.7. The summed E-state index contributed by atoms with van der Waals surface area (Å²) in [5, 5.41) is 9.56. The number of ether oxygens (including phenoxy) is 3. The van der Waals surface area contributed by atoms with Gasteiger partial charge in [-0.25, -0.2) is 0 Å². The van der Waals surface area contributed by atoms with Gasteiger partial charge in [0.25, 0.3) is 0 Å². The largest absolute Gasteiger partial charge is 0.462 e. The summed E-state index contributed by atoms with van der Waals surface area (Å²) in [4.78, 5) is 38.3. The number of aliphatic hydroxyl groups is 1. The topological polar surface area (TPSA) is 177 Å². The molecule has 0 radical (unpaired) electrons. The lowest BCUT2D eigenvalue weighted by Crippen LogP contribution is -2.63. The summed E-state index contributed by atoms with van der Waals surface area (Å²) < 4.78 is 18.5. The maximum Gasteiger partial charge on any atom is 0.307 e. The second-order valence-electron chi connectivity index (χ2n) is 14.4. The first-order chi connectivity index (χ1) is 20.5. The van der Waals surface area contributed by atoms with Crippen LogP contribution in [0.3, 0.4) is 0 Å². The van der Waals surface area contributed by atoms with Gasteiger partial charge in [0, 0.05) is 37.6 Å². The van der Waals surface area contributed by atoms with Gasteiger partial charge < -0.3 is 36.5 Å². The molecule has 7 N–H and O–H groups in total. The van der Waals surface area contributed by atoms with Crippen LogP contribution in [0.15, 0.2) is 0 Å². The lowest BCUT2D eigenvalue weighted by molar-refractivity contribution is -0.225. The van der Waals surface area contributed by atoms with Crippen molar-refractivity contribution in [3.05, 3.63) is 0 Å². The zero-order valence-corrected chi connectivity index (χ0v) is 26.6. The minimum atomic E-state index is -0.281. The summed E-state index contributed by atoms with van der Waals surface area (Å²) in [6, 6.07) is 0. The van der Waals surface area contributed by atoms with Crippen LogP contribution in [0.5, 0.6) is 0 Å². The van der Waals surface area contributed by atoms with Crippen molar-refractivity contribution in [2.75, 3.05) is 26.2 Å². The number of rotatable bonds is 13. The highest BCUT2D eigenvalue weighted by Gasteiger charge is 2.67. The van der Waals surface area contributed by atoms with E-state index in [0.717, 1.165) is 51.4 Å². The van der Waals surface area contributed by atoms with Gasteiger partial charge in [0.1, 0.15) is 18.3 Å². The highest BCUT2D eigenvalue weighted by Crippen LogP contribution is 2.69. The van der Waals surface area contributed by atoms with E-state index in [9.17, 15) is 19.5 Å². The lowest BCUT2D eigenvalue weighted by atomic mass is 9.43. The zero-order chi connectivity index (χ0) is 31.4. The van der Waals surface area contributed by atoms with Crippen LogP contribution in [0.1, 0.15) is 97.8 Å². The molecule has 11 atom stereocenters. The average molecular weight is 608 g/mol. The molecule has 4 aliphatic rings. The van der Waals surface area contributed by atoms with Crippen LogP contribution in [0.2, 0.25) is 0 Å². The Morgan fingerprint density at radius 3 is 2.09 bits per heavy atom. The van der Waals surface area contributed by atoms with Crippen LogP contribution in [0, 0.1) is 46.3 Å². The monoisotopic (exact) mass is 607 g/mol. The van der Waals surface area contributed by atoms with E-state index in [1.54, 1.807) is 0 Å². The van der Waals surface area contributed by atoms with Gasteiger partial charge in [-0.05, 0) is 92.8 Å². The van der Waals surface area contributed by atoms with E-state index in [1.807, 2.05) is 0 Å². The number of carbonyl (C=O) groups excluding carboxylic acids is 3. The zero-order valence-electron chi connectivity index (χ0n) is 26.6. The molecule has 4 fully saturated rings. The van der Waals surface area contributed by atoms with Crippen molar-refractivity contribution in [2.24, 2.45) is 63.5 Å². The van der Waals surface area contributed by atoms with Crippen LogP contribution < -0.4 is 17.2 Å². The van der Waals surface area contributed by atoms with Gasteiger partial charge >= 0.3 is 17.9 Å². The fraction of sp³-hybridized carbons (Fsp3) is 0.909. The van der Waals surface area contributed by atoms with Crippen molar-refractivity contribution in [3.8, 4) is 0 Å². The second-order valence-corrected chi connectivity index (χ2v) is 14.4. The quantitative estimate of drug-likeness (QED) is 0.180. The molecule has 10 heteroatoms. The Kier molecular flexibility index (Phi) is 11.6. The molecule has 0 aromatic carbocycles. The molecule has 0 heterocycles. The smallest absolute Gasteiger partial charge is 0.307 e. The van der Waals surface area contributed by atoms with Gasteiger partial charge in [-0.15, -0.1) is 0 Å².